The van der Waals surface area contributed by atoms with Gasteiger partial charge >= 0.3 is 5.25 Å². The van der Waals surface area contributed by atoms with Gasteiger partial charge in [0.1, 0.15) is 6.17 Å². The van der Waals surface area contributed by atoms with Crippen LogP contribution in [0, 0.1) is 0 Å². The predicted octanol–water partition coefficient (Wildman–Crippen LogP) is 2.39. The van der Waals surface area contributed by atoms with E-state index in [0.717, 1.165) is 0 Å². The molecule has 0 aromatic rings. The maximum absolute atomic E-state index is 12.6. The van der Waals surface area contributed by atoms with Crippen molar-refractivity contribution in [1.29, 1.82) is 0 Å². The number of hydrogen-bond donors (Lipinski definition) is 0. The number of rotatable bonds is 0. The molecule has 1 saturated heterocycles. The maximum atomic E-state index is 12.6. The second kappa shape index (κ2) is 2.03. The molecule has 1 aliphatic heterocycles. The Balaban J connectivity index is 2.84. The molecule has 0 aromatic carbocycles. The molecule has 5 heteroatoms. The molecule has 1 rings (SSSR count). The molecular formula is C5H6F4S. The van der Waals surface area contributed by atoms with E-state index in [9.17, 15) is 17.6 Å². The molecule has 1 fully saturated rings. The molecule has 0 aromatic heterocycles. The zero-order chi connectivity index (χ0) is 7.99. The molecule has 2 atom stereocenters. The predicted molar refractivity (Wildman–Crippen MR) is 31.8 cm³/mol. The first-order chi connectivity index (χ1) is 4.38. The zero-order valence-corrected chi connectivity index (χ0v) is 6.02. The lowest BCUT2D eigenvalue weighted by Gasteiger charge is -2.21. The maximum Gasteiger partial charge on any atom is 0.329 e. The molecule has 10 heavy (non-hydrogen) atoms. The summed E-state index contributed by atoms with van der Waals surface area (Å²) >= 11 is 0.0312. The van der Waals surface area contributed by atoms with Crippen molar-refractivity contribution in [2.45, 2.75) is 24.0 Å². The molecule has 0 bridgehead atoms. The average molecular weight is 174 g/mol. The summed E-state index contributed by atoms with van der Waals surface area (Å²) in [5, 5.41) is -3.56. The van der Waals surface area contributed by atoms with Gasteiger partial charge in [-0.25, -0.2) is 8.78 Å². The van der Waals surface area contributed by atoms with Crippen LogP contribution in [-0.2, 0) is 0 Å². The van der Waals surface area contributed by atoms with Crippen LogP contribution in [0.4, 0.5) is 17.6 Å². The van der Waals surface area contributed by atoms with E-state index in [2.05, 4.69) is 0 Å². The third-order valence-corrected chi connectivity index (χ3v) is 2.79. The minimum Gasteiger partial charge on any atom is -0.243 e. The van der Waals surface area contributed by atoms with Gasteiger partial charge in [-0.1, -0.05) is 11.8 Å². The van der Waals surface area contributed by atoms with Gasteiger partial charge < -0.3 is 0 Å². The van der Waals surface area contributed by atoms with Gasteiger partial charge in [0, 0.05) is 5.75 Å². The zero-order valence-electron chi connectivity index (χ0n) is 5.20. The molecule has 0 saturated carbocycles. The second-order valence-corrected chi connectivity index (χ2v) is 3.51. The monoisotopic (exact) mass is 174 g/mol. The summed E-state index contributed by atoms with van der Waals surface area (Å²) in [5.41, 5.74) is -2.99. The van der Waals surface area contributed by atoms with Crippen LogP contribution >= 0.6 is 11.8 Å². The number of hydrogen-bond acceptors (Lipinski definition) is 1. The summed E-state index contributed by atoms with van der Waals surface area (Å²) in [7, 11) is 0. The first-order valence-electron chi connectivity index (χ1n) is 2.72. The van der Waals surface area contributed by atoms with Crippen LogP contribution in [0.3, 0.4) is 0 Å². The lowest BCUT2D eigenvalue weighted by atomic mass is 10.1. The summed E-state index contributed by atoms with van der Waals surface area (Å²) < 4.78 is 49.6. The molecule has 2 unspecified atom stereocenters. The number of alkyl halides is 4. The van der Waals surface area contributed by atoms with Gasteiger partial charge in [0.2, 0.25) is 5.67 Å². The third-order valence-electron chi connectivity index (χ3n) is 1.57. The first-order valence-corrected chi connectivity index (χ1v) is 3.71. The van der Waals surface area contributed by atoms with Crippen molar-refractivity contribution in [3.63, 3.8) is 0 Å². The fraction of sp³-hybridized carbons (Fsp3) is 1.00. The Morgan fingerprint density at radius 2 is 1.90 bits per heavy atom. The minimum absolute atomic E-state index is 0.0312. The van der Waals surface area contributed by atoms with Crippen LogP contribution in [0.5, 0.6) is 0 Å². The fourth-order valence-corrected chi connectivity index (χ4v) is 1.74. The van der Waals surface area contributed by atoms with Gasteiger partial charge in [-0.3, -0.25) is 0 Å². The van der Waals surface area contributed by atoms with E-state index in [1.165, 1.54) is 0 Å². The van der Waals surface area contributed by atoms with E-state index < -0.39 is 22.8 Å². The summed E-state index contributed by atoms with van der Waals surface area (Å²) in [6.45, 7) is 0.595. The number of thioether (sulfide) groups is 1. The van der Waals surface area contributed by atoms with Crippen LogP contribution < -0.4 is 0 Å². The lowest BCUT2D eigenvalue weighted by molar-refractivity contribution is -0.0776. The first kappa shape index (κ1) is 8.17. The average Bonchev–Trinajstić information content (AvgIpc) is 1.94. The highest BCUT2D eigenvalue weighted by Crippen LogP contribution is 2.51. The topological polar surface area (TPSA) is 0 Å². The summed E-state index contributed by atoms with van der Waals surface area (Å²) in [6, 6.07) is 0. The molecule has 60 valence electrons. The quantitative estimate of drug-likeness (QED) is 0.508. The van der Waals surface area contributed by atoms with E-state index in [1.54, 1.807) is 0 Å². The molecular weight excluding hydrogens is 168 g/mol. The Labute approximate surface area is 60.0 Å². The summed E-state index contributed by atoms with van der Waals surface area (Å²) in [6.07, 6.45) is -2.05. The van der Waals surface area contributed by atoms with Crippen LogP contribution in [-0.4, -0.2) is 22.8 Å². The van der Waals surface area contributed by atoms with Crippen molar-refractivity contribution < 1.29 is 17.6 Å². The summed E-state index contributed by atoms with van der Waals surface area (Å²) in [5.74, 6) is -0.458. The van der Waals surface area contributed by atoms with Crippen LogP contribution in [0.2, 0.25) is 0 Å². The van der Waals surface area contributed by atoms with Crippen LogP contribution in [0.25, 0.3) is 0 Å². The van der Waals surface area contributed by atoms with Crippen molar-refractivity contribution in [3.05, 3.63) is 0 Å². The largest absolute Gasteiger partial charge is 0.329 e. The minimum atomic E-state index is -3.56. The van der Waals surface area contributed by atoms with E-state index in [-0.39, 0.29) is 11.8 Å². The molecule has 0 amide bonds. The highest BCUT2D eigenvalue weighted by molar-refractivity contribution is 8.00. The van der Waals surface area contributed by atoms with E-state index >= 15 is 0 Å². The van der Waals surface area contributed by atoms with Crippen LogP contribution in [0.1, 0.15) is 6.92 Å². The Bertz CT molecular complexity index is 145. The van der Waals surface area contributed by atoms with Gasteiger partial charge in [0.15, 0.2) is 0 Å². The third kappa shape index (κ3) is 0.909. The Morgan fingerprint density at radius 3 is 2.00 bits per heavy atom. The molecule has 1 heterocycles. The highest BCUT2D eigenvalue weighted by atomic mass is 32.2. The molecule has 1 aliphatic rings. The molecule has 0 aliphatic carbocycles. The highest BCUT2D eigenvalue weighted by Gasteiger charge is 2.62. The second-order valence-electron chi connectivity index (χ2n) is 2.37. The standard InChI is InChI=1S/C5H6F4S/c1-4(7)3(6)2-10-5(4,8)9/h3H,2H2,1H3. The number of halogens is 4. The van der Waals surface area contributed by atoms with Crippen LogP contribution in [0.15, 0.2) is 0 Å². The normalized spacial score (nSPS) is 45.9. The van der Waals surface area contributed by atoms with Gasteiger partial charge in [-0.05, 0) is 6.92 Å². The van der Waals surface area contributed by atoms with Gasteiger partial charge in [0.25, 0.3) is 0 Å². The van der Waals surface area contributed by atoms with Crippen molar-refractivity contribution in [2.24, 2.45) is 0 Å². The van der Waals surface area contributed by atoms with Crippen molar-refractivity contribution in [3.8, 4) is 0 Å². The SMILES string of the molecule is CC1(F)C(F)CSC1(F)F. The van der Waals surface area contributed by atoms with Crippen molar-refractivity contribution in [1.82, 2.24) is 0 Å². The van der Waals surface area contributed by atoms with Crippen molar-refractivity contribution >= 4 is 11.8 Å². The summed E-state index contributed by atoms with van der Waals surface area (Å²) in [4.78, 5) is 0. The van der Waals surface area contributed by atoms with E-state index in [4.69, 9.17) is 0 Å². The smallest absolute Gasteiger partial charge is 0.243 e. The van der Waals surface area contributed by atoms with Gasteiger partial charge in [0.05, 0.1) is 0 Å². The fourth-order valence-electron chi connectivity index (χ4n) is 0.658. The van der Waals surface area contributed by atoms with Gasteiger partial charge in [-0.15, -0.1) is 0 Å². The van der Waals surface area contributed by atoms with Crippen molar-refractivity contribution in [2.75, 3.05) is 5.75 Å². The molecule has 0 nitrogen and oxygen atoms in total. The lowest BCUT2D eigenvalue weighted by Crippen LogP contribution is -2.40. The molecule has 0 radical (unpaired) electrons. The Hall–Kier alpha value is 0.0700. The van der Waals surface area contributed by atoms with E-state index in [1.807, 2.05) is 0 Å². The Kier molecular flexibility index (Phi) is 1.66. The molecule has 0 spiro atoms. The van der Waals surface area contributed by atoms with E-state index in [0.29, 0.717) is 6.92 Å². The molecule has 0 N–H and O–H groups in total. The Morgan fingerprint density at radius 1 is 1.40 bits per heavy atom. The van der Waals surface area contributed by atoms with Gasteiger partial charge in [-0.2, -0.15) is 8.78 Å².